The van der Waals surface area contributed by atoms with Crippen molar-refractivity contribution in [3.05, 3.63) is 60.2 Å². The predicted molar refractivity (Wildman–Crippen MR) is 82.5 cm³/mol. The molecule has 0 amide bonds. The number of aryl methyl sites for hydroxylation is 1. The van der Waals surface area contributed by atoms with E-state index < -0.39 is 16.0 Å². The van der Waals surface area contributed by atoms with E-state index in [2.05, 4.69) is 0 Å². The summed E-state index contributed by atoms with van der Waals surface area (Å²) in [5.41, 5.74) is -2.54. The molecular formula is C17H14F3S+. The van der Waals surface area contributed by atoms with Gasteiger partial charge in [0, 0.05) is 17.0 Å². The molecule has 1 unspecified atom stereocenters. The SMILES string of the molecule is CCc1ccc2c(c1)cc(-c1ccccc1)[s+]2C(F)(F)F. The Morgan fingerprint density at radius 2 is 1.67 bits per heavy atom. The number of rotatable bonds is 2. The van der Waals surface area contributed by atoms with E-state index in [9.17, 15) is 13.2 Å². The summed E-state index contributed by atoms with van der Waals surface area (Å²) >= 11 is 0. The van der Waals surface area contributed by atoms with Gasteiger partial charge in [-0.05, 0) is 36.2 Å². The number of hydrogen-bond donors (Lipinski definition) is 0. The summed E-state index contributed by atoms with van der Waals surface area (Å²) in [5, 5.41) is 0.703. The van der Waals surface area contributed by atoms with Crippen molar-refractivity contribution < 1.29 is 13.2 Å². The van der Waals surface area contributed by atoms with E-state index in [-0.39, 0.29) is 0 Å². The standard InChI is InChI=1S/C17H14F3S/c1-2-12-8-9-15-14(10-12)11-16(21(15)17(18,19)20)13-6-4-3-5-7-13/h3-11H,2H2,1H3/q+1. The smallest absolute Gasteiger partial charge is 0.118 e. The Hall–Kier alpha value is -1.81. The molecule has 0 radical (unpaired) electrons. The molecule has 0 saturated heterocycles. The van der Waals surface area contributed by atoms with Crippen molar-refractivity contribution in [2.75, 3.05) is 0 Å². The van der Waals surface area contributed by atoms with Gasteiger partial charge < -0.3 is 0 Å². The van der Waals surface area contributed by atoms with Crippen LogP contribution in [0.3, 0.4) is 0 Å². The normalized spacial score (nSPS) is 12.9. The van der Waals surface area contributed by atoms with Gasteiger partial charge in [0.25, 0.3) is 0 Å². The van der Waals surface area contributed by atoms with Gasteiger partial charge in [0.05, 0.1) is 0 Å². The highest BCUT2D eigenvalue weighted by molar-refractivity contribution is 7.41. The average molecular weight is 307 g/mol. The van der Waals surface area contributed by atoms with Crippen LogP contribution in [0, 0.1) is 0 Å². The zero-order valence-corrected chi connectivity index (χ0v) is 12.3. The number of hydrogen-bond acceptors (Lipinski definition) is 0. The summed E-state index contributed by atoms with van der Waals surface area (Å²) in [6.45, 7) is 2.00. The van der Waals surface area contributed by atoms with Crippen molar-refractivity contribution in [1.82, 2.24) is 0 Å². The van der Waals surface area contributed by atoms with Crippen molar-refractivity contribution in [1.29, 1.82) is 0 Å². The number of halogens is 3. The lowest BCUT2D eigenvalue weighted by atomic mass is 10.1. The van der Waals surface area contributed by atoms with E-state index in [1.54, 1.807) is 42.5 Å². The first-order chi connectivity index (χ1) is 10.0. The van der Waals surface area contributed by atoms with Gasteiger partial charge in [0.15, 0.2) is 9.58 Å². The van der Waals surface area contributed by atoms with Crippen LogP contribution in [-0.2, 0) is 11.9 Å². The summed E-state index contributed by atoms with van der Waals surface area (Å²) < 4.78 is 41.0. The minimum Gasteiger partial charge on any atom is -0.118 e. The fraction of sp³-hybridized carbons (Fsp3) is 0.176. The molecular weight excluding hydrogens is 293 g/mol. The first kappa shape index (κ1) is 14.1. The molecule has 0 fully saturated rings. The summed E-state index contributed by atoms with van der Waals surface area (Å²) in [7, 11) is -1.86. The van der Waals surface area contributed by atoms with Gasteiger partial charge in [0.1, 0.15) is 10.5 Å². The minimum absolute atomic E-state index is 0.367. The van der Waals surface area contributed by atoms with Gasteiger partial charge in [-0.3, -0.25) is 0 Å². The first-order valence-electron chi connectivity index (χ1n) is 6.72. The Kier molecular flexibility index (Phi) is 3.49. The molecule has 1 heterocycles. The molecule has 0 N–H and O–H groups in total. The minimum atomic E-state index is -4.25. The fourth-order valence-electron chi connectivity index (χ4n) is 2.49. The van der Waals surface area contributed by atoms with Gasteiger partial charge in [0.2, 0.25) is 0 Å². The van der Waals surface area contributed by atoms with Crippen molar-refractivity contribution in [3.8, 4) is 10.4 Å². The lowest BCUT2D eigenvalue weighted by Crippen LogP contribution is -1.96. The third kappa shape index (κ3) is 2.56. The van der Waals surface area contributed by atoms with Crippen LogP contribution in [0.1, 0.15) is 12.5 Å². The maximum absolute atomic E-state index is 13.5. The first-order valence-corrected chi connectivity index (χ1v) is 7.94. The van der Waals surface area contributed by atoms with E-state index in [1.807, 2.05) is 19.1 Å². The van der Waals surface area contributed by atoms with E-state index >= 15 is 0 Å². The molecule has 0 nitrogen and oxygen atoms in total. The lowest BCUT2D eigenvalue weighted by Gasteiger charge is -2.00. The molecule has 21 heavy (non-hydrogen) atoms. The third-order valence-corrected chi connectivity index (χ3v) is 5.57. The van der Waals surface area contributed by atoms with Crippen molar-refractivity contribution in [2.45, 2.75) is 18.9 Å². The van der Waals surface area contributed by atoms with Crippen LogP contribution in [0.15, 0.2) is 54.6 Å². The zero-order chi connectivity index (χ0) is 15.0. The Morgan fingerprint density at radius 1 is 0.952 bits per heavy atom. The molecule has 0 aliphatic carbocycles. The number of alkyl halides is 3. The second-order valence-corrected chi connectivity index (χ2v) is 6.81. The summed E-state index contributed by atoms with van der Waals surface area (Å²) in [5.74, 6) is 0. The summed E-state index contributed by atoms with van der Waals surface area (Å²) in [6, 6.07) is 15.8. The second kappa shape index (κ2) is 5.19. The lowest BCUT2D eigenvalue weighted by molar-refractivity contribution is -0.0864. The fourth-order valence-corrected chi connectivity index (χ4v) is 4.40. The third-order valence-electron chi connectivity index (χ3n) is 3.50. The molecule has 3 aromatic rings. The highest BCUT2D eigenvalue weighted by Crippen LogP contribution is 2.54. The van der Waals surface area contributed by atoms with E-state index in [0.29, 0.717) is 20.5 Å². The molecule has 0 saturated carbocycles. The van der Waals surface area contributed by atoms with E-state index in [0.717, 1.165) is 12.0 Å². The topological polar surface area (TPSA) is 0 Å². The van der Waals surface area contributed by atoms with Crippen LogP contribution in [0.2, 0.25) is 0 Å². The van der Waals surface area contributed by atoms with Crippen molar-refractivity contribution >= 4 is 20.6 Å². The van der Waals surface area contributed by atoms with Crippen LogP contribution >= 0.6 is 10.5 Å². The number of thiophene rings is 1. The molecule has 0 bridgehead atoms. The molecule has 0 aliphatic rings. The highest BCUT2D eigenvalue weighted by atomic mass is 32.2. The maximum Gasteiger partial charge on any atom is 0.601 e. The monoisotopic (exact) mass is 307 g/mol. The largest absolute Gasteiger partial charge is 0.601 e. The molecule has 108 valence electrons. The Morgan fingerprint density at radius 3 is 2.29 bits per heavy atom. The number of fused-ring (bicyclic) bond motifs is 1. The molecule has 2 aromatic carbocycles. The molecule has 3 rings (SSSR count). The van der Waals surface area contributed by atoms with Crippen LogP contribution in [0.25, 0.3) is 20.5 Å². The predicted octanol–water partition coefficient (Wildman–Crippen LogP) is 6.29. The average Bonchev–Trinajstić information content (AvgIpc) is 2.86. The Bertz CT molecular complexity index is 770. The van der Waals surface area contributed by atoms with Crippen LogP contribution in [0.5, 0.6) is 0 Å². The quantitative estimate of drug-likeness (QED) is 0.488. The molecule has 1 atom stereocenters. The van der Waals surface area contributed by atoms with Crippen LogP contribution in [-0.4, -0.2) is 0 Å². The Labute approximate surface area is 123 Å². The molecule has 0 aliphatic heterocycles. The molecule has 0 spiro atoms. The van der Waals surface area contributed by atoms with E-state index in [1.165, 1.54) is 0 Å². The maximum atomic E-state index is 13.5. The van der Waals surface area contributed by atoms with Gasteiger partial charge in [-0.15, -0.1) is 13.2 Å². The van der Waals surface area contributed by atoms with Crippen molar-refractivity contribution in [3.63, 3.8) is 0 Å². The van der Waals surface area contributed by atoms with Gasteiger partial charge in [-0.2, -0.15) is 0 Å². The van der Waals surface area contributed by atoms with Crippen LogP contribution in [0.4, 0.5) is 13.2 Å². The Balaban J connectivity index is 2.33. The number of benzene rings is 2. The van der Waals surface area contributed by atoms with Crippen molar-refractivity contribution in [2.24, 2.45) is 0 Å². The van der Waals surface area contributed by atoms with Crippen LogP contribution < -0.4 is 0 Å². The molecule has 4 heteroatoms. The summed E-state index contributed by atoms with van der Waals surface area (Å²) in [4.78, 5) is 0.367. The van der Waals surface area contributed by atoms with Gasteiger partial charge in [-0.1, -0.05) is 31.2 Å². The zero-order valence-electron chi connectivity index (χ0n) is 11.4. The highest BCUT2D eigenvalue weighted by Gasteiger charge is 2.48. The second-order valence-electron chi connectivity index (χ2n) is 4.85. The van der Waals surface area contributed by atoms with E-state index in [4.69, 9.17) is 0 Å². The van der Waals surface area contributed by atoms with Gasteiger partial charge in [-0.25, -0.2) is 0 Å². The summed E-state index contributed by atoms with van der Waals surface area (Å²) in [6.07, 6.45) is 0.821. The van der Waals surface area contributed by atoms with Gasteiger partial charge >= 0.3 is 5.51 Å². The molecule has 1 aromatic heterocycles.